The summed E-state index contributed by atoms with van der Waals surface area (Å²) in [4.78, 5) is 16.3. The van der Waals surface area contributed by atoms with E-state index in [-0.39, 0.29) is 30.7 Å². The zero-order chi connectivity index (χ0) is 14.8. The van der Waals surface area contributed by atoms with Crippen LogP contribution in [0.15, 0.2) is 30.3 Å². The van der Waals surface area contributed by atoms with Crippen LogP contribution in [-0.2, 0) is 11.2 Å². The van der Waals surface area contributed by atoms with Crippen LogP contribution in [0.4, 0.5) is 0 Å². The predicted molar refractivity (Wildman–Crippen MR) is 98.1 cm³/mol. The molecule has 128 valence electrons. The number of benzene rings is 1. The maximum absolute atomic E-state index is 12.3. The first-order chi connectivity index (χ1) is 9.71. The second-order valence-electron chi connectivity index (χ2n) is 4.87. The van der Waals surface area contributed by atoms with Crippen LogP contribution in [0.25, 0.3) is 0 Å². The summed E-state index contributed by atoms with van der Waals surface area (Å²) in [5.74, 6) is 0.176. The first-order valence-electron chi connectivity index (χ1n) is 7.45. The molecule has 0 bridgehead atoms. The van der Waals surface area contributed by atoms with Crippen molar-refractivity contribution in [3.63, 3.8) is 0 Å². The summed E-state index contributed by atoms with van der Waals surface area (Å²) in [6.45, 7) is 8.33. The van der Waals surface area contributed by atoms with Gasteiger partial charge in [-0.05, 0) is 25.1 Å². The summed E-state index contributed by atoms with van der Waals surface area (Å²) in [7, 11) is 0. The molecule has 0 saturated heterocycles. The molecule has 6 heteroatoms. The van der Waals surface area contributed by atoms with Crippen LogP contribution in [0.3, 0.4) is 0 Å². The van der Waals surface area contributed by atoms with E-state index in [0.717, 1.165) is 26.1 Å². The Morgan fingerprint density at radius 3 is 2.14 bits per heavy atom. The molecule has 0 atom stereocenters. The van der Waals surface area contributed by atoms with Gasteiger partial charge < -0.3 is 10.6 Å². The highest BCUT2D eigenvalue weighted by molar-refractivity contribution is 5.85. The van der Waals surface area contributed by atoms with Gasteiger partial charge in [-0.1, -0.05) is 44.2 Å². The molecule has 0 spiro atoms. The molecule has 4 nitrogen and oxygen atoms in total. The second-order valence-corrected chi connectivity index (χ2v) is 4.87. The van der Waals surface area contributed by atoms with Crippen molar-refractivity contribution in [1.29, 1.82) is 0 Å². The maximum Gasteiger partial charge on any atom is 0.236 e. The smallest absolute Gasteiger partial charge is 0.236 e. The van der Waals surface area contributed by atoms with Crippen LogP contribution in [-0.4, -0.2) is 55.0 Å². The van der Waals surface area contributed by atoms with Crippen molar-refractivity contribution in [3.05, 3.63) is 35.9 Å². The van der Waals surface area contributed by atoms with Gasteiger partial charge in [0.2, 0.25) is 5.91 Å². The molecular weight excluding hydrogens is 321 g/mol. The molecule has 0 aliphatic rings. The molecular formula is C16H29Cl2N3O. The van der Waals surface area contributed by atoms with E-state index >= 15 is 0 Å². The van der Waals surface area contributed by atoms with E-state index in [2.05, 4.69) is 30.9 Å². The van der Waals surface area contributed by atoms with Gasteiger partial charge in [0.05, 0.1) is 6.54 Å². The molecule has 1 rings (SSSR count). The number of hydrogen-bond donors (Lipinski definition) is 1. The fourth-order valence-electron chi connectivity index (χ4n) is 2.16. The van der Waals surface area contributed by atoms with Crippen LogP contribution < -0.4 is 5.73 Å². The number of halogens is 2. The number of nitrogens with two attached hydrogens (primary N) is 1. The Morgan fingerprint density at radius 2 is 1.64 bits per heavy atom. The van der Waals surface area contributed by atoms with Crippen LogP contribution in [0.5, 0.6) is 0 Å². The van der Waals surface area contributed by atoms with Gasteiger partial charge in [-0.15, -0.1) is 24.8 Å². The van der Waals surface area contributed by atoms with E-state index < -0.39 is 0 Å². The number of nitrogens with zero attached hydrogens (tertiary/aromatic N) is 2. The molecule has 1 aromatic rings. The van der Waals surface area contributed by atoms with E-state index in [9.17, 15) is 4.79 Å². The zero-order valence-corrected chi connectivity index (χ0v) is 15.2. The minimum Gasteiger partial charge on any atom is -0.340 e. The topological polar surface area (TPSA) is 49.6 Å². The first-order valence-corrected chi connectivity index (χ1v) is 7.45. The first kappa shape index (κ1) is 23.5. The van der Waals surface area contributed by atoms with Crippen molar-refractivity contribution >= 4 is 30.7 Å². The molecule has 0 aromatic heterocycles. The van der Waals surface area contributed by atoms with Crippen LogP contribution in [0.2, 0.25) is 0 Å². The largest absolute Gasteiger partial charge is 0.340 e. The Hall–Kier alpha value is -0.810. The molecule has 1 aromatic carbocycles. The van der Waals surface area contributed by atoms with Crippen molar-refractivity contribution in [2.24, 2.45) is 5.73 Å². The van der Waals surface area contributed by atoms with Crippen molar-refractivity contribution < 1.29 is 4.79 Å². The third-order valence-electron chi connectivity index (χ3n) is 3.52. The number of amides is 1. The van der Waals surface area contributed by atoms with Crippen LogP contribution >= 0.6 is 24.8 Å². The second kappa shape index (κ2) is 13.8. The third kappa shape index (κ3) is 8.59. The van der Waals surface area contributed by atoms with Crippen molar-refractivity contribution in [3.8, 4) is 0 Å². The van der Waals surface area contributed by atoms with Gasteiger partial charge >= 0.3 is 0 Å². The standard InChI is InChI=1S/C16H27N3O.2ClH/c1-3-18(4-2)14-16(20)19(13-11-17)12-10-15-8-6-5-7-9-15;;/h5-9H,3-4,10-14,17H2,1-2H3;2*1H. The molecule has 0 heterocycles. The fraction of sp³-hybridized carbons (Fsp3) is 0.562. The number of rotatable bonds is 9. The summed E-state index contributed by atoms with van der Waals surface area (Å²) in [5, 5.41) is 0. The Bertz CT molecular complexity index is 386. The molecule has 0 saturated carbocycles. The summed E-state index contributed by atoms with van der Waals surface area (Å²) in [5.41, 5.74) is 6.88. The van der Waals surface area contributed by atoms with Gasteiger partial charge in [0.1, 0.15) is 0 Å². The number of carbonyl (C=O) groups excluding carboxylic acids is 1. The molecule has 0 unspecified atom stereocenters. The maximum atomic E-state index is 12.3. The van der Waals surface area contributed by atoms with Gasteiger partial charge in [-0.25, -0.2) is 0 Å². The molecule has 0 radical (unpaired) electrons. The van der Waals surface area contributed by atoms with Crippen LogP contribution in [0, 0.1) is 0 Å². The van der Waals surface area contributed by atoms with Gasteiger partial charge in [0, 0.05) is 19.6 Å². The van der Waals surface area contributed by atoms with Crippen molar-refractivity contribution in [2.75, 3.05) is 39.3 Å². The zero-order valence-electron chi connectivity index (χ0n) is 13.5. The number of hydrogen-bond acceptors (Lipinski definition) is 3. The van der Waals surface area contributed by atoms with Crippen LogP contribution in [0.1, 0.15) is 19.4 Å². The average molecular weight is 350 g/mol. The van der Waals surface area contributed by atoms with E-state index in [0.29, 0.717) is 19.6 Å². The summed E-state index contributed by atoms with van der Waals surface area (Å²) in [6, 6.07) is 10.2. The van der Waals surface area contributed by atoms with Crippen molar-refractivity contribution in [1.82, 2.24) is 9.80 Å². The molecule has 0 aliphatic heterocycles. The van der Waals surface area contributed by atoms with E-state index in [4.69, 9.17) is 5.73 Å². The van der Waals surface area contributed by atoms with E-state index in [1.54, 1.807) is 0 Å². The quantitative estimate of drug-likeness (QED) is 0.743. The van der Waals surface area contributed by atoms with Gasteiger partial charge in [-0.3, -0.25) is 9.69 Å². The van der Waals surface area contributed by atoms with Gasteiger partial charge in [0.15, 0.2) is 0 Å². The Kier molecular flexibility index (Phi) is 14.7. The SMILES string of the molecule is CCN(CC)CC(=O)N(CCN)CCc1ccccc1.Cl.Cl. The number of likely N-dealkylation sites (N-methyl/N-ethyl adjacent to an activating group) is 1. The van der Waals surface area contributed by atoms with Gasteiger partial charge in [0.25, 0.3) is 0 Å². The van der Waals surface area contributed by atoms with E-state index in [1.165, 1.54) is 5.56 Å². The Balaban J connectivity index is 0. The third-order valence-corrected chi connectivity index (χ3v) is 3.52. The summed E-state index contributed by atoms with van der Waals surface area (Å²) in [6.07, 6.45) is 0.880. The average Bonchev–Trinajstić information content (AvgIpc) is 2.49. The Labute approximate surface area is 146 Å². The molecule has 22 heavy (non-hydrogen) atoms. The fourth-order valence-corrected chi connectivity index (χ4v) is 2.16. The summed E-state index contributed by atoms with van der Waals surface area (Å²) >= 11 is 0. The highest BCUT2D eigenvalue weighted by Gasteiger charge is 2.15. The van der Waals surface area contributed by atoms with Gasteiger partial charge in [-0.2, -0.15) is 0 Å². The lowest BCUT2D eigenvalue weighted by molar-refractivity contribution is -0.132. The lowest BCUT2D eigenvalue weighted by Crippen LogP contribution is -2.43. The monoisotopic (exact) mass is 349 g/mol. The summed E-state index contributed by atoms with van der Waals surface area (Å²) < 4.78 is 0. The molecule has 2 N–H and O–H groups in total. The molecule has 0 aliphatic carbocycles. The van der Waals surface area contributed by atoms with E-state index in [1.807, 2.05) is 23.1 Å². The lowest BCUT2D eigenvalue weighted by Gasteiger charge is -2.26. The lowest BCUT2D eigenvalue weighted by atomic mass is 10.1. The molecule has 1 amide bonds. The molecule has 0 fully saturated rings. The van der Waals surface area contributed by atoms with Crippen molar-refractivity contribution in [2.45, 2.75) is 20.3 Å². The normalized spacial score (nSPS) is 9.82. The predicted octanol–water partition coefficient (Wildman–Crippen LogP) is 2.20. The Morgan fingerprint density at radius 1 is 1.05 bits per heavy atom. The number of carbonyl (C=O) groups is 1. The minimum atomic E-state index is 0. The highest BCUT2D eigenvalue weighted by atomic mass is 35.5. The highest BCUT2D eigenvalue weighted by Crippen LogP contribution is 2.02. The minimum absolute atomic E-state index is 0.